The summed E-state index contributed by atoms with van der Waals surface area (Å²) in [6.07, 6.45) is 0. The smallest absolute Gasteiger partial charge is 0.0792 e. The summed E-state index contributed by atoms with van der Waals surface area (Å²) in [6, 6.07) is 14.0. The first-order valence-corrected chi connectivity index (χ1v) is 6.84. The van der Waals surface area contributed by atoms with Crippen molar-refractivity contribution in [3.63, 3.8) is 0 Å². The van der Waals surface area contributed by atoms with E-state index in [-0.39, 0.29) is 0 Å². The molecule has 0 aliphatic rings. The fourth-order valence-electron chi connectivity index (χ4n) is 2.21. The number of hydrogen-bond donors (Lipinski definition) is 1. The van der Waals surface area contributed by atoms with Gasteiger partial charge < -0.3 is 10.6 Å². The minimum Gasteiger partial charge on any atom is -0.397 e. The fraction of sp³-hybridized carbons (Fsp3) is 0.250. The average molecular weight is 275 g/mol. The van der Waals surface area contributed by atoms with Crippen molar-refractivity contribution < 1.29 is 0 Å². The van der Waals surface area contributed by atoms with Crippen molar-refractivity contribution in [3.8, 4) is 0 Å². The minimum absolute atomic E-state index is 0.704. The minimum atomic E-state index is 0.704. The number of benzene rings is 2. The molecule has 100 valence electrons. The monoisotopic (exact) mass is 274 g/mol. The first-order valence-electron chi connectivity index (χ1n) is 6.47. The highest BCUT2D eigenvalue weighted by Crippen LogP contribution is 2.32. The second kappa shape index (κ2) is 5.98. The number of aryl methyl sites for hydroxylation is 1. The van der Waals surface area contributed by atoms with Crippen LogP contribution in [0.25, 0.3) is 0 Å². The number of rotatable bonds is 4. The molecule has 0 aliphatic heterocycles. The molecule has 3 heteroatoms. The Labute approximate surface area is 119 Å². The van der Waals surface area contributed by atoms with Gasteiger partial charge in [-0.2, -0.15) is 0 Å². The maximum Gasteiger partial charge on any atom is 0.0792 e. The predicted octanol–water partition coefficient (Wildman–Crippen LogP) is 4.26. The third kappa shape index (κ3) is 3.02. The first kappa shape index (κ1) is 13.8. The normalized spacial score (nSPS) is 10.5. The van der Waals surface area contributed by atoms with Gasteiger partial charge in [-0.25, -0.2) is 0 Å². The SMILES string of the molecule is CCN(Cc1ccccc1C)c1c(N)cccc1Cl. The maximum atomic E-state index is 6.29. The summed E-state index contributed by atoms with van der Waals surface area (Å²) in [4.78, 5) is 2.21. The highest BCUT2D eigenvalue weighted by molar-refractivity contribution is 6.34. The van der Waals surface area contributed by atoms with E-state index in [0.717, 1.165) is 24.5 Å². The number of hydrogen-bond acceptors (Lipinski definition) is 2. The van der Waals surface area contributed by atoms with E-state index in [1.54, 1.807) is 0 Å². The van der Waals surface area contributed by atoms with Crippen molar-refractivity contribution in [2.45, 2.75) is 20.4 Å². The number of nitrogens with two attached hydrogens (primary N) is 1. The highest BCUT2D eigenvalue weighted by atomic mass is 35.5. The van der Waals surface area contributed by atoms with E-state index >= 15 is 0 Å². The van der Waals surface area contributed by atoms with Crippen LogP contribution in [0.15, 0.2) is 42.5 Å². The zero-order chi connectivity index (χ0) is 13.8. The van der Waals surface area contributed by atoms with Gasteiger partial charge in [0.15, 0.2) is 0 Å². The van der Waals surface area contributed by atoms with E-state index in [1.165, 1.54) is 11.1 Å². The van der Waals surface area contributed by atoms with Crippen LogP contribution in [-0.4, -0.2) is 6.54 Å². The molecule has 0 saturated heterocycles. The summed E-state index contributed by atoms with van der Waals surface area (Å²) in [6.45, 7) is 5.92. The van der Waals surface area contributed by atoms with Crippen molar-refractivity contribution in [1.29, 1.82) is 0 Å². The summed E-state index contributed by atoms with van der Waals surface area (Å²) in [5.74, 6) is 0. The van der Waals surface area contributed by atoms with Crippen LogP contribution < -0.4 is 10.6 Å². The molecule has 0 aromatic heterocycles. The van der Waals surface area contributed by atoms with Gasteiger partial charge in [0.25, 0.3) is 0 Å². The van der Waals surface area contributed by atoms with E-state index in [0.29, 0.717) is 5.02 Å². The van der Waals surface area contributed by atoms with Gasteiger partial charge in [-0.15, -0.1) is 0 Å². The predicted molar refractivity (Wildman–Crippen MR) is 83.8 cm³/mol. The second-order valence-corrected chi connectivity index (χ2v) is 5.03. The molecule has 2 aromatic carbocycles. The molecule has 0 fully saturated rings. The van der Waals surface area contributed by atoms with Crippen LogP contribution in [-0.2, 0) is 6.54 Å². The van der Waals surface area contributed by atoms with Gasteiger partial charge in [-0.3, -0.25) is 0 Å². The molecular weight excluding hydrogens is 256 g/mol. The summed E-state index contributed by atoms with van der Waals surface area (Å²) < 4.78 is 0. The van der Waals surface area contributed by atoms with Gasteiger partial charge in [0, 0.05) is 13.1 Å². The van der Waals surface area contributed by atoms with Crippen LogP contribution in [0.4, 0.5) is 11.4 Å². The zero-order valence-corrected chi connectivity index (χ0v) is 12.1. The average Bonchev–Trinajstić information content (AvgIpc) is 2.39. The van der Waals surface area contributed by atoms with Gasteiger partial charge in [-0.1, -0.05) is 41.9 Å². The van der Waals surface area contributed by atoms with Crippen molar-refractivity contribution in [2.24, 2.45) is 0 Å². The van der Waals surface area contributed by atoms with E-state index in [1.807, 2.05) is 18.2 Å². The van der Waals surface area contributed by atoms with Crippen LogP contribution >= 0.6 is 11.6 Å². The fourth-order valence-corrected chi connectivity index (χ4v) is 2.51. The molecule has 0 radical (unpaired) electrons. The summed E-state index contributed by atoms with van der Waals surface area (Å²) >= 11 is 6.29. The zero-order valence-electron chi connectivity index (χ0n) is 11.4. The summed E-state index contributed by atoms with van der Waals surface area (Å²) in [5.41, 5.74) is 10.3. The standard InChI is InChI=1S/C16H19ClN2/c1-3-19(11-13-8-5-4-7-12(13)2)16-14(17)9-6-10-15(16)18/h4-10H,3,11,18H2,1-2H3. The van der Waals surface area contributed by atoms with E-state index in [2.05, 4.69) is 43.0 Å². The van der Waals surface area contributed by atoms with Gasteiger partial charge >= 0.3 is 0 Å². The van der Waals surface area contributed by atoms with Crippen molar-refractivity contribution in [2.75, 3.05) is 17.2 Å². The van der Waals surface area contributed by atoms with Crippen LogP contribution in [0.2, 0.25) is 5.02 Å². The molecule has 0 atom stereocenters. The molecule has 19 heavy (non-hydrogen) atoms. The second-order valence-electron chi connectivity index (χ2n) is 4.62. The molecule has 0 bridgehead atoms. The number of para-hydroxylation sites is 1. The van der Waals surface area contributed by atoms with Crippen LogP contribution in [0.1, 0.15) is 18.1 Å². The topological polar surface area (TPSA) is 29.3 Å². The highest BCUT2D eigenvalue weighted by Gasteiger charge is 2.13. The Bertz CT molecular complexity index is 546. The van der Waals surface area contributed by atoms with Crippen LogP contribution in [0.5, 0.6) is 0 Å². The third-order valence-electron chi connectivity index (χ3n) is 3.34. The van der Waals surface area contributed by atoms with Gasteiger partial charge in [0.05, 0.1) is 16.4 Å². The van der Waals surface area contributed by atoms with Crippen molar-refractivity contribution >= 4 is 23.0 Å². The molecule has 0 heterocycles. The van der Waals surface area contributed by atoms with Crippen molar-refractivity contribution in [1.82, 2.24) is 0 Å². The third-order valence-corrected chi connectivity index (χ3v) is 3.64. The summed E-state index contributed by atoms with van der Waals surface area (Å²) in [7, 11) is 0. The Morgan fingerprint density at radius 1 is 1.11 bits per heavy atom. The lowest BCUT2D eigenvalue weighted by atomic mass is 10.1. The lowest BCUT2D eigenvalue weighted by molar-refractivity contribution is 0.829. The molecule has 0 saturated carbocycles. The lowest BCUT2D eigenvalue weighted by Gasteiger charge is -2.26. The molecular formula is C16H19ClN2. The van der Waals surface area contributed by atoms with Gasteiger partial charge in [-0.05, 0) is 37.1 Å². The largest absolute Gasteiger partial charge is 0.397 e. The molecule has 0 aliphatic carbocycles. The molecule has 0 amide bonds. The van der Waals surface area contributed by atoms with Gasteiger partial charge in [0.2, 0.25) is 0 Å². The van der Waals surface area contributed by atoms with Crippen LogP contribution in [0.3, 0.4) is 0 Å². The van der Waals surface area contributed by atoms with Crippen LogP contribution in [0, 0.1) is 6.92 Å². The van der Waals surface area contributed by atoms with Crippen molar-refractivity contribution in [3.05, 3.63) is 58.6 Å². The number of nitrogen functional groups attached to an aromatic ring is 1. The number of nitrogens with zero attached hydrogens (tertiary/aromatic N) is 1. The summed E-state index contributed by atoms with van der Waals surface area (Å²) in [5, 5.41) is 0.704. The van der Waals surface area contributed by atoms with E-state index < -0.39 is 0 Å². The quantitative estimate of drug-likeness (QED) is 0.844. The molecule has 0 unspecified atom stereocenters. The Morgan fingerprint density at radius 2 is 1.84 bits per heavy atom. The molecule has 0 spiro atoms. The molecule has 2 N–H and O–H groups in total. The molecule has 2 aromatic rings. The number of anilines is 2. The Morgan fingerprint density at radius 3 is 2.47 bits per heavy atom. The van der Waals surface area contributed by atoms with E-state index in [9.17, 15) is 0 Å². The van der Waals surface area contributed by atoms with E-state index in [4.69, 9.17) is 17.3 Å². The Balaban J connectivity index is 2.34. The Kier molecular flexibility index (Phi) is 4.33. The lowest BCUT2D eigenvalue weighted by Crippen LogP contribution is -2.23. The number of halogens is 1. The Hall–Kier alpha value is -1.67. The van der Waals surface area contributed by atoms with Gasteiger partial charge in [0.1, 0.15) is 0 Å². The maximum absolute atomic E-state index is 6.29. The molecule has 2 rings (SSSR count). The molecule has 2 nitrogen and oxygen atoms in total. The first-order chi connectivity index (χ1) is 9.13.